The van der Waals surface area contributed by atoms with Crippen molar-refractivity contribution in [3.05, 3.63) is 35.5 Å². The molecular formula is C13H15ClO4. The van der Waals surface area contributed by atoms with Crippen LogP contribution in [0, 0.1) is 5.41 Å². The Hall–Kier alpha value is -1.42. The minimum Gasteiger partial charge on any atom is -0.461 e. The molecule has 1 aliphatic heterocycles. The maximum Gasteiger partial charge on any atom is 0.515 e. The van der Waals surface area contributed by atoms with Crippen molar-refractivity contribution in [1.82, 2.24) is 0 Å². The van der Waals surface area contributed by atoms with E-state index in [2.05, 4.69) is 0 Å². The van der Waals surface area contributed by atoms with Crippen molar-refractivity contribution in [2.45, 2.75) is 32.8 Å². The summed E-state index contributed by atoms with van der Waals surface area (Å²) in [6, 6.07) is 0. The van der Waals surface area contributed by atoms with Crippen molar-refractivity contribution in [3.8, 4) is 0 Å². The highest BCUT2D eigenvalue weighted by molar-refractivity contribution is 6.19. The third-order valence-electron chi connectivity index (χ3n) is 2.75. The third-order valence-corrected chi connectivity index (χ3v) is 2.84. The molecule has 0 spiro atoms. The van der Waals surface area contributed by atoms with E-state index in [1.165, 1.54) is 0 Å². The molecule has 1 unspecified atom stereocenters. The molecule has 98 valence electrons. The normalized spacial score (nSPS) is 21.9. The lowest BCUT2D eigenvalue weighted by Crippen LogP contribution is -2.19. The number of alkyl halides is 1. The Morgan fingerprint density at radius 3 is 2.94 bits per heavy atom. The van der Waals surface area contributed by atoms with Crippen LogP contribution in [0.25, 0.3) is 0 Å². The molecule has 4 nitrogen and oxygen atoms in total. The van der Waals surface area contributed by atoms with Gasteiger partial charge in [0.1, 0.15) is 0 Å². The molecule has 0 fully saturated rings. The van der Waals surface area contributed by atoms with Crippen LogP contribution < -0.4 is 0 Å². The number of carbonyl (C=O) groups excluding carboxylic acids is 1. The van der Waals surface area contributed by atoms with Gasteiger partial charge in [-0.15, -0.1) is 0 Å². The van der Waals surface area contributed by atoms with Crippen LogP contribution in [-0.2, 0) is 14.2 Å². The fraction of sp³-hybridized carbons (Fsp3) is 0.462. The molecule has 2 rings (SSSR count). The van der Waals surface area contributed by atoms with Gasteiger partial charge in [-0.05, 0) is 25.0 Å². The van der Waals surface area contributed by atoms with Gasteiger partial charge in [-0.25, -0.2) is 4.79 Å². The van der Waals surface area contributed by atoms with Crippen molar-refractivity contribution in [2.75, 3.05) is 0 Å². The SMILES string of the molecule is CC(Cl)OC(=O)OC1=C2OC=CC=C2CC1(C)C. The monoisotopic (exact) mass is 270 g/mol. The summed E-state index contributed by atoms with van der Waals surface area (Å²) in [5.74, 6) is 1.09. The predicted molar refractivity (Wildman–Crippen MR) is 66.6 cm³/mol. The first kappa shape index (κ1) is 13.0. The first-order valence-electron chi connectivity index (χ1n) is 5.70. The van der Waals surface area contributed by atoms with E-state index in [0.29, 0.717) is 11.5 Å². The Labute approximate surface area is 111 Å². The third kappa shape index (κ3) is 2.53. The first-order valence-corrected chi connectivity index (χ1v) is 6.14. The second-order valence-electron chi connectivity index (χ2n) is 4.87. The van der Waals surface area contributed by atoms with Gasteiger partial charge in [-0.2, -0.15) is 0 Å². The number of hydrogen-bond donors (Lipinski definition) is 0. The summed E-state index contributed by atoms with van der Waals surface area (Å²) < 4.78 is 15.4. The standard InChI is InChI=1S/C13H15ClO4/c1-8(14)17-12(15)18-11-10-9(5-4-6-16-10)7-13(11,2)3/h4-6,8H,7H2,1-3H3. The zero-order chi connectivity index (χ0) is 13.3. The van der Waals surface area contributed by atoms with Gasteiger partial charge in [0, 0.05) is 5.41 Å². The number of carbonyl (C=O) groups is 1. The molecular weight excluding hydrogens is 256 g/mol. The molecule has 0 aromatic rings. The second kappa shape index (κ2) is 4.69. The van der Waals surface area contributed by atoms with Gasteiger partial charge < -0.3 is 14.2 Å². The van der Waals surface area contributed by atoms with Crippen LogP contribution in [-0.4, -0.2) is 11.7 Å². The molecule has 5 heteroatoms. The fourth-order valence-electron chi connectivity index (χ4n) is 2.04. The molecule has 0 N–H and O–H groups in total. The summed E-state index contributed by atoms with van der Waals surface area (Å²) in [5.41, 5.74) is -0.0131. The van der Waals surface area contributed by atoms with Crippen molar-refractivity contribution in [1.29, 1.82) is 0 Å². The largest absolute Gasteiger partial charge is 0.515 e. The van der Waals surface area contributed by atoms with Gasteiger partial charge in [0.2, 0.25) is 0 Å². The number of halogens is 1. The van der Waals surface area contributed by atoms with Crippen LogP contribution in [0.15, 0.2) is 35.5 Å². The van der Waals surface area contributed by atoms with Gasteiger partial charge in [-0.3, -0.25) is 0 Å². The topological polar surface area (TPSA) is 44.8 Å². The van der Waals surface area contributed by atoms with Crippen LogP contribution in [0.5, 0.6) is 0 Å². The first-order chi connectivity index (χ1) is 8.40. The van der Waals surface area contributed by atoms with Gasteiger partial charge in [0.05, 0.1) is 6.26 Å². The maximum atomic E-state index is 11.5. The van der Waals surface area contributed by atoms with E-state index in [1.807, 2.05) is 26.0 Å². The van der Waals surface area contributed by atoms with Gasteiger partial charge >= 0.3 is 6.16 Å². The molecule has 1 atom stereocenters. The minimum atomic E-state index is -0.813. The van der Waals surface area contributed by atoms with Gasteiger partial charge in [0.25, 0.3) is 0 Å². The molecule has 0 saturated heterocycles. The molecule has 0 aromatic heterocycles. The summed E-state index contributed by atoms with van der Waals surface area (Å²) >= 11 is 5.57. The molecule has 2 aliphatic rings. The van der Waals surface area contributed by atoms with E-state index >= 15 is 0 Å². The molecule has 0 radical (unpaired) electrons. The van der Waals surface area contributed by atoms with E-state index in [-0.39, 0.29) is 5.41 Å². The average Bonchev–Trinajstić information content (AvgIpc) is 2.49. The highest BCUT2D eigenvalue weighted by Crippen LogP contribution is 2.47. The van der Waals surface area contributed by atoms with Crippen molar-refractivity contribution >= 4 is 17.8 Å². The maximum absolute atomic E-state index is 11.5. The predicted octanol–water partition coefficient (Wildman–Crippen LogP) is 3.84. The van der Waals surface area contributed by atoms with Crippen LogP contribution in [0.4, 0.5) is 4.79 Å². The van der Waals surface area contributed by atoms with Crippen molar-refractivity contribution < 1.29 is 19.0 Å². The summed E-state index contributed by atoms with van der Waals surface area (Å²) in [4.78, 5) is 11.5. The van der Waals surface area contributed by atoms with Crippen LogP contribution in [0.2, 0.25) is 0 Å². The Kier molecular flexibility index (Phi) is 3.39. The second-order valence-corrected chi connectivity index (χ2v) is 5.48. The lowest BCUT2D eigenvalue weighted by molar-refractivity contribution is 0.0557. The minimum absolute atomic E-state index is 0.304. The lowest BCUT2D eigenvalue weighted by Gasteiger charge is -2.20. The molecule has 0 aromatic carbocycles. The smallest absolute Gasteiger partial charge is 0.461 e. The fourth-order valence-corrected chi connectivity index (χ4v) is 2.11. The lowest BCUT2D eigenvalue weighted by atomic mass is 9.90. The number of hydrogen-bond acceptors (Lipinski definition) is 4. The quantitative estimate of drug-likeness (QED) is 0.565. The van der Waals surface area contributed by atoms with Gasteiger partial charge in [0.15, 0.2) is 17.1 Å². The Morgan fingerprint density at radius 2 is 2.28 bits per heavy atom. The Balaban J connectivity index is 2.21. The van der Waals surface area contributed by atoms with Crippen molar-refractivity contribution in [3.63, 3.8) is 0 Å². The van der Waals surface area contributed by atoms with E-state index in [4.69, 9.17) is 25.8 Å². The molecule has 0 bridgehead atoms. The van der Waals surface area contributed by atoms with E-state index < -0.39 is 11.7 Å². The zero-order valence-electron chi connectivity index (χ0n) is 10.5. The van der Waals surface area contributed by atoms with E-state index in [9.17, 15) is 4.79 Å². The number of allylic oxidation sites excluding steroid dienone is 4. The average molecular weight is 271 g/mol. The van der Waals surface area contributed by atoms with Crippen LogP contribution >= 0.6 is 11.6 Å². The van der Waals surface area contributed by atoms with Crippen LogP contribution in [0.1, 0.15) is 27.2 Å². The Morgan fingerprint density at radius 1 is 1.56 bits per heavy atom. The number of ether oxygens (including phenoxy) is 3. The molecule has 1 aliphatic carbocycles. The molecule has 18 heavy (non-hydrogen) atoms. The Bertz CT molecular complexity index is 458. The number of rotatable bonds is 2. The van der Waals surface area contributed by atoms with Crippen molar-refractivity contribution in [2.24, 2.45) is 5.41 Å². The molecule has 1 heterocycles. The molecule has 0 amide bonds. The summed E-state index contributed by atoms with van der Waals surface area (Å²) in [6.07, 6.45) is 5.27. The zero-order valence-corrected chi connectivity index (χ0v) is 11.3. The van der Waals surface area contributed by atoms with Crippen LogP contribution in [0.3, 0.4) is 0 Å². The summed E-state index contributed by atoms with van der Waals surface area (Å²) in [7, 11) is 0. The molecule has 0 saturated carbocycles. The highest BCUT2D eigenvalue weighted by atomic mass is 35.5. The van der Waals surface area contributed by atoms with E-state index in [0.717, 1.165) is 12.0 Å². The van der Waals surface area contributed by atoms with Gasteiger partial charge in [-0.1, -0.05) is 31.5 Å². The summed E-state index contributed by atoms with van der Waals surface area (Å²) in [6.45, 7) is 5.51. The summed E-state index contributed by atoms with van der Waals surface area (Å²) in [5, 5.41) is 0. The van der Waals surface area contributed by atoms with E-state index in [1.54, 1.807) is 13.2 Å². The highest BCUT2D eigenvalue weighted by Gasteiger charge is 2.41. The number of fused-ring (bicyclic) bond motifs is 1.